The standard InChI is InChI=1S/C81H87N9/c1-50(22-17-18-23-51(2)25-20-27-53(4)30-44-69-54(5)28-21-45-81(69,15)16)24-19-26-52(3)29-31-55-32-37-59(38-33-55)82-60-39-43-64-68(49-60)77-89-72-63-42-36-58(80(12,13)14)48-67(63)75(87-72)85-70-61-40-34-56(78(6,7)8)46-65(61)74(83-70)84-71-62-41-35-57(79(9,10)11)47-66(62)76(86-71)88-73(64)90-77/h17-20,22-27,29-44,46-49,82H,21,28,45H2,1-16H3,(H2,83,84,85,86,87,88,89,90)/b18-17+,24-19+,25-20+,31-29+,44-30+,50-22+,51-23+,52-26+,53-27+. The Morgan fingerprint density at radius 3 is 1.34 bits per heavy atom. The molecule has 9 nitrogen and oxygen atoms in total. The first-order valence-electron chi connectivity index (χ1n) is 31.8. The number of nitrogens with zero attached hydrogens (tertiary/aromatic N) is 6. The van der Waals surface area contributed by atoms with Crippen molar-refractivity contribution in [1.29, 1.82) is 0 Å². The molecule has 2 aliphatic heterocycles. The number of aromatic nitrogens is 8. The zero-order valence-corrected chi connectivity index (χ0v) is 55.6. The van der Waals surface area contributed by atoms with Crippen molar-refractivity contribution in [3.8, 4) is 45.6 Å². The van der Waals surface area contributed by atoms with Gasteiger partial charge in [0.05, 0.1) is 0 Å². The largest absolute Gasteiger partial charge is 0.356 e. The average molecular weight is 1190 g/mol. The van der Waals surface area contributed by atoms with Crippen LogP contribution in [0, 0.1) is 5.41 Å². The Kier molecular flexibility index (Phi) is 17.2. The zero-order valence-electron chi connectivity index (χ0n) is 55.6. The van der Waals surface area contributed by atoms with E-state index in [1.165, 1.54) is 63.8 Å². The fourth-order valence-corrected chi connectivity index (χ4v) is 11.9. The Labute approximate surface area is 532 Å². The number of anilines is 2. The minimum absolute atomic E-state index is 0.0948. The summed E-state index contributed by atoms with van der Waals surface area (Å²) in [5.74, 6) is 2.29. The number of fused-ring (bicyclic) bond motifs is 20. The molecule has 8 aromatic rings. The third-order valence-corrected chi connectivity index (χ3v) is 17.5. The lowest BCUT2D eigenvalue weighted by Crippen LogP contribution is -2.19. The number of hydrogen-bond acceptors (Lipinski definition) is 7. The van der Waals surface area contributed by atoms with Crippen LogP contribution in [0.3, 0.4) is 0 Å². The van der Waals surface area contributed by atoms with Crippen LogP contribution in [-0.2, 0) is 16.2 Å². The molecular formula is C81H87N9. The van der Waals surface area contributed by atoms with Gasteiger partial charge in [0.2, 0.25) is 0 Å². The maximum Gasteiger partial charge on any atom is 0.164 e. The Morgan fingerprint density at radius 2 is 0.844 bits per heavy atom. The van der Waals surface area contributed by atoms with Crippen molar-refractivity contribution in [3.05, 3.63) is 232 Å². The fourth-order valence-electron chi connectivity index (χ4n) is 11.9. The maximum atomic E-state index is 5.40. The van der Waals surface area contributed by atoms with Gasteiger partial charge in [-0.05, 0) is 152 Å². The lowest BCUT2D eigenvalue weighted by atomic mass is 9.72. The first kappa shape index (κ1) is 62.3. The van der Waals surface area contributed by atoms with Crippen molar-refractivity contribution in [2.24, 2.45) is 5.41 Å². The van der Waals surface area contributed by atoms with Crippen molar-refractivity contribution < 1.29 is 0 Å². The van der Waals surface area contributed by atoms with Gasteiger partial charge >= 0.3 is 0 Å². The third-order valence-electron chi connectivity index (χ3n) is 17.5. The highest BCUT2D eigenvalue weighted by atomic mass is 15.1. The first-order valence-corrected chi connectivity index (χ1v) is 31.8. The Hall–Kier alpha value is -9.34. The van der Waals surface area contributed by atoms with Crippen LogP contribution in [0.4, 0.5) is 11.4 Å². The summed E-state index contributed by atoms with van der Waals surface area (Å²) in [5, 5.41) is 7.36. The van der Waals surface area contributed by atoms with E-state index in [4.69, 9.17) is 29.9 Å². The van der Waals surface area contributed by atoms with E-state index in [0.717, 1.165) is 66.3 Å². The van der Waals surface area contributed by atoms with E-state index < -0.39 is 0 Å². The summed E-state index contributed by atoms with van der Waals surface area (Å²) in [7, 11) is 0. The van der Waals surface area contributed by atoms with E-state index in [1.807, 2.05) is 0 Å². The maximum absolute atomic E-state index is 5.40. The van der Waals surface area contributed by atoms with E-state index in [2.05, 4.69) is 308 Å². The zero-order chi connectivity index (χ0) is 63.9. The van der Waals surface area contributed by atoms with Crippen molar-refractivity contribution in [3.63, 3.8) is 0 Å². The quantitative estimate of drug-likeness (QED) is 0.104. The molecule has 11 rings (SSSR count). The summed E-state index contributed by atoms with van der Waals surface area (Å²) in [6.45, 7) is 35.6. The lowest BCUT2D eigenvalue weighted by molar-refractivity contribution is 0.377. The van der Waals surface area contributed by atoms with Crippen LogP contribution in [0.1, 0.15) is 152 Å². The van der Waals surface area contributed by atoms with E-state index in [0.29, 0.717) is 45.9 Å². The second-order valence-corrected chi connectivity index (χ2v) is 28.5. The molecule has 3 aromatic heterocycles. The van der Waals surface area contributed by atoms with Crippen LogP contribution in [0.5, 0.6) is 0 Å². The molecule has 0 unspecified atom stereocenters. The van der Waals surface area contributed by atoms with Crippen molar-refractivity contribution in [2.75, 3.05) is 5.32 Å². The van der Waals surface area contributed by atoms with Gasteiger partial charge in [-0.25, -0.2) is 29.9 Å². The van der Waals surface area contributed by atoms with Gasteiger partial charge < -0.3 is 15.3 Å². The molecule has 0 amide bonds. The molecular weight excluding hydrogens is 1100 g/mol. The van der Waals surface area contributed by atoms with Gasteiger partial charge in [0, 0.05) is 55.2 Å². The normalized spacial score (nSPS) is 15.5. The molecule has 0 spiro atoms. The molecule has 0 saturated heterocycles. The predicted molar refractivity (Wildman–Crippen MR) is 383 cm³/mol. The number of allylic oxidation sites excluding steroid dienone is 19. The molecule has 90 heavy (non-hydrogen) atoms. The van der Waals surface area contributed by atoms with E-state index in [9.17, 15) is 0 Å². The number of rotatable bonds is 12. The number of aromatic amines is 2. The van der Waals surface area contributed by atoms with E-state index in [-0.39, 0.29) is 21.7 Å². The van der Waals surface area contributed by atoms with Crippen LogP contribution < -0.4 is 5.32 Å². The molecule has 0 radical (unpaired) electrons. The Balaban J connectivity index is 0.864. The minimum atomic E-state index is -0.111. The summed E-state index contributed by atoms with van der Waals surface area (Å²) < 4.78 is 0. The molecule has 0 saturated carbocycles. The van der Waals surface area contributed by atoms with Crippen molar-refractivity contribution >= 4 is 61.6 Å². The Bertz CT molecular complexity index is 4620. The molecule has 1 aliphatic carbocycles. The van der Waals surface area contributed by atoms with Gasteiger partial charge in [-0.1, -0.05) is 238 Å². The van der Waals surface area contributed by atoms with E-state index in [1.54, 1.807) is 0 Å². The smallest absolute Gasteiger partial charge is 0.164 e. The van der Waals surface area contributed by atoms with Crippen LogP contribution >= 0.6 is 0 Å². The van der Waals surface area contributed by atoms with Crippen LogP contribution in [0.15, 0.2) is 209 Å². The number of nitrogens with one attached hydrogen (secondary N) is 3. The topological polar surface area (TPSA) is 121 Å². The summed E-state index contributed by atoms with van der Waals surface area (Å²) in [6.07, 6.45) is 34.0. The lowest BCUT2D eigenvalue weighted by Gasteiger charge is -2.32. The predicted octanol–water partition coefficient (Wildman–Crippen LogP) is 22.1. The third kappa shape index (κ3) is 13.9. The second-order valence-electron chi connectivity index (χ2n) is 28.5. The van der Waals surface area contributed by atoms with Gasteiger partial charge in [-0.2, -0.15) is 0 Å². The highest BCUT2D eigenvalue weighted by Crippen LogP contribution is 2.43. The SMILES string of the molecule is CC1=C(/C=C/C(C)=C/C=C/C(C)=C/C=C/C=C(C)/C=C/C=C(C)/C=C/c2ccc(Nc3ccc4c5nc6nc(nc7[nH]c(nc8nc(nc([nH]5)c4c3)-c3ccc(C(C)(C)C)cc3-8)c3ccc(C(C)(C)C)cc73)-c3ccc(C(C)(C)C)cc3-6)cc2)C(C)(C)CCC1. The van der Waals surface area contributed by atoms with Crippen LogP contribution in [0.25, 0.3) is 95.8 Å². The van der Waals surface area contributed by atoms with Crippen LogP contribution in [-0.4, -0.2) is 39.9 Å². The number of benzene rings is 5. The molecule has 5 aromatic carbocycles. The minimum Gasteiger partial charge on any atom is -0.356 e. The molecule has 8 bridgehead atoms. The summed E-state index contributed by atoms with van der Waals surface area (Å²) >= 11 is 0. The monoisotopic (exact) mass is 1190 g/mol. The Morgan fingerprint density at radius 1 is 0.433 bits per heavy atom. The van der Waals surface area contributed by atoms with E-state index >= 15 is 0 Å². The summed E-state index contributed by atoms with van der Waals surface area (Å²) in [5.41, 5.74) is 20.5. The fraction of sp³-hybridized carbons (Fsp3) is 0.284. The molecule has 0 atom stereocenters. The van der Waals surface area contributed by atoms with Gasteiger partial charge in [0.1, 0.15) is 22.6 Å². The first-order chi connectivity index (χ1) is 42.7. The molecule has 9 heteroatoms. The highest BCUT2D eigenvalue weighted by molar-refractivity contribution is 6.07. The van der Waals surface area contributed by atoms with Crippen LogP contribution in [0.2, 0.25) is 0 Å². The second kappa shape index (κ2) is 24.9. The van der Waals surface area contributed by atoms with Gasteiger partial charge in [-0.15, -0.1) is 0 Å². The number of H-pyrrole nitrogens is 2. The summed E-state index contributed by atoms with van der Waals surface area (Å²) in [4.78, 5) is 39.4. The molecule has 3 N–H and O–H groups in total. The molecule has 3 aliphatic rings. The molecule has 5 heterocycles. The highest BCUT2D eigenvalue weighted by Gasteiger charge is 2.28. The molecule has 456 valence electrons. The van der Waals surface area contributed by atoms with Gasteiger partial charge in [0.15, 0.2) is 23.3 Å². The number of hydrogen-bond donors (Lipinski definition) is 3. The van der Waals surface area contributed by atoms with Crippen molar-refractivity contribution in [2.45, 2.75) is 146 Å². The van der Waals surface area contributed by atoms with Crippen molar-refractivity contribution in [1.82, 2.24) is 39.9 Å². The van der Waals surface area contributed by atoms with Gasteiger partial charge in [-0.3, -0.25) is 0 Å². The van der Waals surface area contributed by atoms with Gasteiger partial charge in [0.25, 0.3) is 0 Å². The average Bonchev–Trinajstić information content (AvgIpc) is 1.61. The molecule has 0 fully saturated rings. The summed E-state index contributed by atoms with van der Waals surface area (Å²) in [6, 6.07) is 34.5.